The van der Waals surface area contributed by atoms with E-state index in [-0.39, 0.29) is 53.1 Å². The molecule has 0 spiro atoms. The lowest BCUT2D eigenvalue weighted by molar-refractivity contribution is -0.136. The first-order valence-corrected chi connectivity index (χ1v) is 17.9. The number of likely N-dealkylation sites (tertiary alicyclic amines) is 1. The molecule has 2 saturated heterocycles. The molecule has 15 heteroatoms. The van der Waals surface area contributed by atoms with Crippen LogP contribution >= 0.6 is 15.9 Å². The second-order valence-electron chi connectivity index (χ2n) is 13.5. The molecule has 0 bridgehead atoms. The average molecular weight is 783 g/mol. The van der Waals surface area contributed by atoms with Crippen LogP contribution in [0.1, 0.15) is 61.8 Å². The molecular weight excluding hydrogens is 746 g/mol. The predicted octanol–water partition coefficient (Wildman–Crippen LogP) is 3.91. The van der Waals surface area contributed by atoms with Crippen LogP contribution in [0.5, 0.6) is 11.5 Å². The Morgan fingerprint density at radius 3 is 2.49 bits per heavy atom. The van der Waals surface area contributed by atoms with Gasteiger partial charge in [-0.25, -0.2) is 4.68 Å². The van der Waals surface area contributed by atoms with Gasteiger partial charge in [0.2, 0.25) is 11.8 Å². The van der Waals surface area contributed by atoms with Crippen molar-refractivity contribution in [1.82, 2.24) is 24.9 Å². The van der Waals surface area contributed by atoms with Crippen molar-refractivity contribution in [3.63, 3.8) is 0 Å². The highest BCUT2D eigenvalue weighted by Crippen LogP contribution is 2.37. The van der Waals surface area contributed by atoms with E-state index in [9.17, 15) is 28.8 Å². The Morgan fingerprint density at radius 2 is 1.74 bits per heavy atom. The molecule has 7 rings (SSSR count). The zero-order valence-electron chi connectivity index (χ0n) is 29.2. The van der Waals surface area contributed by atoms with Gasteiger partial charge in [-0.05, 0) is 83.7 Å². The number of benzene rings is 3. The fraction of sp³-hybridized carbons (Fsp3) is 0.289. The summed E-state index contributed by atoms with van der Waals surface area (Å²) in [5, 5.41) is 9.80. The maximum Gasteiger partial charge on any atom is 0.282 e. The highest BCUT2D eigenvalue weighted by Gasteiger charge is 2.46. The number of anilines is 2. The standard InChI is InChI=1S/C38H36BrN7O7/c1-43-19-23(16-24(20-43)41-28-18-40-45(3)38(52)33(28)39)21-10-12-22(13-11-21)35(49)44(2)25-6-4-7-26(17-25)53-30-9-5-8-27-32(30)37(51)46(36(27)50)29-14-15-31(47)42-34(29)48/h4-13,17-18,23-24,29,41H,14-16,19-20H2,1-3H3,(H,42,47,48)/t23-,24+,29?/m1/s1. The summed E-state index contributed by atoms with van der Waals surface area (Å²) >= 11 is 3.40. The number of halogens is 1. The second kappa shape index (κ2) is 14.4. The van der Waals surface area contributed by atoms with Gasteiger partial charge in [0.1, 0.15) is 22.0 Å². The number of carbonyl (C=O) groups excluding carboxylic acids is 5. The molecule has 0 aliphatic carbocycles. The Bertz CT molecular complexity index is 2220. The third-order valence-electron chi connectivity index (χ3n) is 9.87. The Labute approximate surface area is 312 Å². The van der Waals surface area contributed by atoms with E-state index in [0.717, 1.165) is 30.0 Å². The summed E-state index contributed by atoms with van der Waals surface area (Å²) in [6, 6.07) is 18.0. The number of aryl methyl sites for hydroxylation is 1. The minimum atomic E-state index is -1.10. The minimum Gasteiger partial charge on any atom is -0.456 e. The number of likely N-dealkylation sites (N-methyl/N-ethyl adjacent to an activating group) is 1. The molecule has 0 saturated carbocycles. The van der Waals surface area contributed by atoms with E-state index >= 15 is 0 Å². The summed E-state index contributed by atoms with van der Waals surface area (Å²) in [5.41, 5.74) is 2.69. The third kappa shape index (κ3) is 6.97. The van der Waals surface area contributed by atoms with Crippen molar-refractivity contribution in [2.45, 2.75) is 37.3 Å². The van der Waals surface area contributed by atoms with E-state index in [1.165, 1.54) is 15.6 Å². The molecule has 1 unspecified atom stereocenters. The van der Waals surface area contributed by atoms with Crippen LogP contribution in [-0.2, 0) is 16.6 Å². The number of nitrogens with one attached hydrogen (secondary N) is 2. The van der Waals surface area contributed by atoms with Gasteiger partial charge in [0.05, 0.1) is 23.0 Å². The van der Waals surface area contributed by atoms with Gasteiger partial charge < -0.3 is 19.9 Å². The number of imide groups is 2. The monoisotopic (exact) mass is 781 g/mol. The SMILES string of the molecule is CN1C[C@@H](Nc2cnn(C)c(=O)c2Br)C[C@@H](c2ccc(C(=O)N(C)c3cccc(Oc4cccc5c4C(=O)N(C4CCC(=O)NC4=O)C5=O)c3)cc2)C1. The molecular formula is C38H36BrN7O7. The van der Waals surface area contributed by atoms with Gasteiger partial charge in [-0.2, -0.15) is 5.10 Å². The van der Waals surface area contributed by atoms with Crippen molar-refractivity contribution in [2.24, 2.45) is 7.05 Å². The van der Waals surface area contributed by atoms with Gasteiger partial charge in [0.15, 0.2) is 0 Å². The number of amides is 5. The average Bonchev–Trinajstić information content (AvgIpc) is 3.40. The van der Waals surface area contributed by atoms with E-state index in [2.05, 4.69) is 43.6 Å². The molecule has 3 aliphatic rings. The molecule has 14 nitrogen and oxygen atoms in total. The zero-order chi connectivity index (χ0) is 37.6. The largest absolute Gasteiger partial charge is 0.456 e. The van der Waals surface area contributed by atoms with E-state index in [1.54, 1.807) is 56.7 Å². The number of rotatable bonds is 8. The summed E-state index contributed by atoms with van der Waals surface area (Å²) < 4.78 is 7.85. The molecule has 0 radical (unpaired) electrons. The molecule has 2 N–H and O–H groups in total. The van der Waals surface area contributed by atoms with Crippen molar-refractivity contribution in [2.75, 3.05) is 37.4 Å². The lowest BCUT2D eigenvalue weighted by Crippen LogP contribution is -2.54. The summed E-state index contributed by atoms with van der Waals surface area (Å²) in [4.78, 5) is 81.6. The zero-order valence-corrected chi connectivity index (χ0v) is 30.8. The minimum absolute atomic E-state index is 0.0173. The van der Waals surface area contributed by atoms with Gasteiger partial charge in [-0.1, -0.05) is 24.3 Å². The number of piperidine rings is 2. The van der Waals surface area contributed by atoms with Gasteiger partial charge >= 0.3 is 0 Å². The second-order valence-corrected chi connectivity index (χ2v) is 14.3. The molecule has 53 heavy (non-hydrogen) atoms. The highest BCUT2D eigenvalue weighted by molar-refractivity contribution is 9.10. The number of hydrogen-bond donors (Lipinski definition) is 2. The van der Waals surface area contributed by atoms with E-state index < -0.39 is 29.7 Å². The Kier molecular flexibility index (Phi) is 9.70. The molecule has 4 aromatic rings. The van der Waals surface area contributed by atoms with Crippen LogP contribution in [0.2, 0.25) is 0 Å². The molecule has 2 fully saturated rings. The molecule has 1 aromatic heterocycles. The van der Waals surface area contributed by atoms with Crippen LogP contribution < -0.4 is 25.8 Å². The molecule has 3 atom stereocenters. The molecule has 4 heterocycles. The lowest BCUT2D eigenvalue weighted by atomic mass is 9.87. The predicted molar refractivity (Wildman–Crippen MR) is 198 cm³/mol. The number of fused-ring (bicyclic) bond motifs is 1. The molecule has 5 amide bonds. The van der Waals surface area contributed by atoms with Crippen LogP contribution in [0.15, 0.2) is 82.2 Å². The molecule has 3 aromatic carbocycles. The normalized spacial score (nSPS) is 20.2. The summed E-state index contributed by atoms with van der Waals surface area (Å²) in [6.45, 7) is 1.64. The van der Waals surface area contributed by atoms with Crippen LogP contribution in [0.3, 0.4) is 0 Å². The summed E-state index contributed by atoms with van der Waals surface area (Å²) in [5.74, 6) is -2.05. The van der Waals surface area contributed by atoms with Crippen LogP contribution in [-0.4, -0.2) is 88.4 Å². The highest BCUT2D eigenvalue weighted by atomic mass is 79.9. The number of aromatic nitrogens is 2. The van der Waals surface area contributed by atoms with Crippen molar-refractivity contribution in [1.29, 1.82) is 0 Å². The van der Waals surface area contributed by atoms with Crippen molar-refractivity contribution in [3.8, 4) is 11.5 Å². The topological polar surface area (TPSA) is 163 Å². The van der Waals surface area contributed by atoms with Gasteiger partial charge in [0.25, 0.3) is 23.3 Å². The maximum atomic E-state index is 13.6. The fourth-order valence-corrected chi connectivity index (χ4v) is 7.63. The first kappa shape index (κ1) is 35.7. The quantitative estimate of drug-likeness (QED) is 0.251. The molecule has 272 valence electrons. The van der Waals surface area contributed by atoms with Gasteiger partial charge in [-0.15, -0.1) is 0 Å². The van der Waals surface area contributed by atoms with Crippen molar-refractivity contribution in [3.05, 3.63) is 110 Å². The number of hydrogen-bond acceptors (Lipinski definition) is 10. The molecule has 3 aliphatic heterocycles. The number of nitrogens with zero attached hydrogens (tertiary/aromatic N) is 5. The fourth-order valence-electron chi connectivity index (χ4n) is 7.16. The Balaban J connectivity index is 1.03. The van der Waals surface area contributed by atoms with Gasteiger partial charge in [0, 0.05) is 57.0 Å². The van der Waals surface area contributed by atoms with Crippen LogP contribution in [0, 0.1) is 0 Å². The van der Waals surface area contributed by atoms with E-state index in [4.69, 9.17) is 4.74 Å². The van der Waals surface area contributed by atoms with E-state index in [0.29, 0.717) is 27.2 Å². The van der Waals surface area contributed by atoms with Crippen molar-refractivity contribution < 1.29 is 28.7 Å². The Morgan fingerprint density at radius 1 is 0.981 bits per heavy atom. The third-order valence-corrected chi connectivity index (χ3v) is 10.6. The van der Waals surface area contributed by atoms with Crippen molar-refractivity contribution >= 4 is 56.8 Å². The van der Waals surface area contributed by atoms with Crippen LogP contribution in [0.4, 0.5) is 11.4 Å². The van der Waals surface area contributed by atoms with Crippen LogP contribution in [0.25, 0.3) is 0 Å². The summed E-state index contributed by atoms with van der Waals surface area (Å²) in [6.07, 6.45) is 2.53. The number of ether oxygens (including phenoxy) is 1. The lowest BCUT2D eigenvalue weighted by Gasteiger charge is -2.37. The number of carbonyl (C=O) groups is 5. The smallest absolute Gasteiger partial charge is 0.282 e. The maximum absolute atomic E-state index is 13.6. The summed E-state index contributed by atoms with van der Waals surface area (Å²) in [7, 11) is 5.32. The van der Waals surface area contributed by atoms with E-state index in [1.807, 2.05) is 24.3 Å². The van der Waals surface area contributed by atoms with Gasteiger partial charge in [-0.3, -0.25) is 39.0 Å². The Hall–Kier alpha value is -5.67. The first-order chi connectivity index (χ1) is 25.4. The first-order valence-electron chi connectivity index (χ1n) is 17.1.